The zero-order valence-corrected chi connectivity index (χ0v) is 11.9. The van der Waals surface area contributed by atoms with Crippen molar-refractivity contribution >= 4 is 0 Å². The first-order valence-corrected chi connectivity index (χ1v) is 6.93. The second-order valence-corrected chi connectivity index (χ2v) is 4.98. The standard InChI is InChI=1S/C17H17N3O/c1-12-6-2-5-9-15(12)17-19-16(21-20-17)10-13-7-3-4-8-14(13)11-18/h2-9H,10-11,18H2,1H3. The summed E-state index contributed by atoms with van der Waals surface area (Å²) in [7, 11) is 0. The molecule has 0 amide bonds. The summed E-state index contributed by atoms with van der Waals surface area (Å²) in [5.74, 6) is 1.24. The third kappa shape index (κ3) is 2.85. The summed E-state index contributed by atoms with van der Waals surface area (Å²) >= 11 is 0. The summed E-state index contributed by atoms with van der Waals surface area (Å²) in [4.78, 5) is 4.49. The van der Waals surface area contributed by atoms with E-state index in [0.29, 0.717) is 24.7 Å². The number of aryl methyl sites for hydroxylation is 1. The third-order valence-corrected chi connectivity index (χ3v) is 3.53. The van der Waals surface area contributed by atoms with E-state index in [0.717, 1.165) is 22.3 Å². The Morgan fingerprint density at radius 2 is 1.71 bits per heavy atom. The van der Waals surface area contributed by atoms with Gasteiger partial charge in [-0.1, -0.05) is 53.7 Å². The molecular formula is C17H17N3O. The van der Waals surface area contributed by atoms with Crippen LogP contribution in [0.15, 0.2) is 53.1 Å². The van der Waals surface area contributed by atoms with E-state index in [1.54, 1.807) is 0 Å². The Morgan fingerprint density at radius 1 is 1.00 bits per heavy atom. The maximum absolute atomic E-state index is 5.75. The average molecular weight is 279 g/mol. The molecule has 0 saturated heterocycles. The van der Waals surface area contributed by atoms with E-state index >= 15 is 0 Å². The van der Waals surface area contributed by atoms with Gasteiger partial charge in [-0.3, -0.25) is 0 Å². The van der Waals surface area contributed by atoms with E-state index in [9.17, 15) is 0 Å². The molecule has 1 heterocycles. The van der Waals surface area contributed by atoms with Crippen LogP contribution in [0.5, 0.6) is 0 Å². The van der Waals surface area contributed by atoms with Crippen LogP contribution in [0.2, 0.25) is 0 Å². The number of nitrogens with two attached hydrogens (primary N) is 1. The second-order valence-electron chi connectivity index (χ2n) is 4.98. The molecule has 0 saturated carbocycles. The van der Waals surface area contributed by atoms with Gasteiger partial charge in [0.1, 0.15) is 0 Å². The van der Waals surface area contributed by atoms with Crippen molar-refractivity contribution in [3.8, 4) is 11.4 Å². The first kappa shape index (κ1) is 13.5. The Labute approximate surface area is 123 Å². The summed E-state index contributed by atoms with van der Waals surface area (Å²) in [6.45, 7) is 2.55. The number of rotatable bonds is 4. The summed E-state index contributed by atoms with van der Waals surface area (Å²) in [5, 5.41) is 4.08. The predicted molar refractivity (Wildman–Crippen MR) is 81.6 cm³/mol. The lowest BCUT2D eigenvalue weighted by Gasteiger charge is -2.03. The summed E-state index contributed by atoms with van der Waals surface area (Å²) in [5.41, 5.74) is 10.1. The first-order valence-electron chi connectivity index (χ1n) is 6.93. The summed E-state index contributed by atoms with van der Waals surface area (Å²) in [6, 6.07) is 16.0. The molecule has 2 N–H and O–H groups in total. The van der Waals surface area contributed by atoms with Crippen LogP contribution >= 0.6 is 0 Å². The van der Waals surface area contributed by atoms with E-state index < -0.39 is 0 Å². The molecule has 0 spiro atoms. The molecular weight excluding hydrogens is 262 g/mol. The largest absolute Gasteiger partial charge is 0.339 e. The van der Waals surface area contributed by atoms with E-state index in [-0.39, 0.29) is 0 Å². The quantitative estimate of drug-likeness (QED) is 0.797. The molecule has 3 aromatic rings. The number of aromatic nitrogens is 2. The van der Waals surface area contributed by atoms with Crippen LogP contribution in [0, 0.1) is 6.92 Å². The molecule has 0 aliphatic carbocycles. The van der Waals surface area contributed by atoms with Crippen molar-refractivity contribution in [3.05, 3.63) is 71.1 Å². The highest BCUT2D eigenvalue weighted by Crippen LogP contribution is 2.21. The molecule has 0 radical (unpaired) electrons. The summed E-state index contributed by atoms with van der Waals surface area (Å²) < 4.78 is 5.38. The highest BCUT2D eigenvalue weighted by Gasteiger charge is 2.12. The van der Waals surface area contributed by atoms with Crippen molar-refractivity contribution in [1.29, 1.82) is 0 Å². The molecule has 21 heavy (non-hydrogen) atoms. The fraction of sp³-hybridized carbons (Fsp3) is 0.176. The molecule has 0 bridgehead atoms. The Morgan fingerprint density at radius 3 is 2.48 bits per heavy atom. The van der Waals surface area contributed by atoms with Gasteiger partial charge in [0.2, 0.25) is 11.7 Å². The molecule has 0 aliphatic heterocycles. The van der Waals surface area contributed by atoms with Crippen molar-refractivity contribution in [1.82, 2.24) is 10.1 Å². The third-order valence-electron chi connectivity index (χ3n) is 3.53. The van der Waals surface area contributed by atoms with Crippen LogP contribution in [0.25, 0.3) is 11.4 Å². The van der Waals surface area contributed by atoms with Gasteiger partial charge >= 0.3 is 0 Å². The molecule has 4 nitrogen and oxygen atoms in total. The average Bonchev–Trinajstić information content (AvgIpc) is 2.96. The maximum atomic E-state index is 5.75. The van der Waals surface area contributed by atoms with Gasteiger partial charge in [-0.15, -0.1) is 0 Å². The van der Waals surface area contributed by atoms with Crippen LogP contribution in [-0.2, 0) is 13.0 Å². The minimum absolute atomic E-state index is 0.509. The van der Waals surface area contributed by atoms with Crippen LogP contribution in [0.3, 0.4) is 0 Å². The lowest BCUT2D eigenvalue weighted by molar-refractivity contribution is 0.385. The van der Waals surface area contributed by atoms with Gasteiger partial charge in [-0.05, 0) is 23.6 Å². The summed E-state index contributed by atoms with van der Waals surface area (Å²) in [6.07, 6.45) is 0.603. The smallest absolute Gasteiger partial charge is 0.231 e. The SMILES string of the molecule is Cc1ccccc1-c1noc(Cc2ccccc2CN)n1. The van der Waals surface area contributed by atoms with Crippen molar-refractivity contribution in [2.45, 2.75) is 19.9 Å². The van der Waals surface area contributed by atoms with Crippen LogP contribution in [-0.4, -0.2) is 10.1 Å². The highest BCUT2D eigenvalue weighted by atomic mass is 16.5. The zero-order chi connectivity index (χ0) is 14.7. The van der Waals surface area contributed by atoms with E-state index in [4.69, 9.17) is 10.3 Å². The minimum Gasteiger partial charge on any atom is -0.339 e. The minimum atomic E-state index is 0.509. The van der Waals surface area contributed by atoms with Gasteiger partial charge in [-0.25, -0.2) is 0 Å². The molecule has 106 valence electrons. The van der Waals surface area contributed by atoms with Crippen LogP contribution < -0.4 is 5.73 Å². The maximum Gasteiger partial charge on any atom is 0.231 e. The predicted octanol–water partition coefficient (Wildman–Crippen LogP) is 3.09. The fourth-order valence-corrected chi connectivity index (χ4v) is 2.35. The zero-order valence-electron chi connectivity index (χ0n) is 11.9. The normalized spacial score (nSPS) is 10.8. The lowest BCUT2D eigenvalue weighted by Crippen LogP contribution is -2.02. The molecule has 2 aromatic carbocycles. The molecule has 4 heteroatoms. The Kier molecular flexibility index (Phi) is 3.79. The number of benzene rings is 2. The Balaban J connectivity index is 1.87. The van der Waals surface area contributed by atoms with Crippen molar-refractivity contribution in [3.63, 3.8) is 0 Å². The molecule has 0 aliphatic rings. The molecule has 0 unspecified atom stereocenters. The molecule has 0 atom stereocenters. The highest BCUT2D eigenvalue weighted by molar-refractivity contribution is 5.59. The van der Waals surface area contributed by atoms with Gasteiger partial charge in [-0.2, -0.15) is 4.98 Å². The van der Waals surface area contributed by atoms with Crippen molar-refractivity contribution in [2.24, 2.45) is 5.73 Å². The van der Waals surface area contributed by atoms with Gasteiger partial charge in [0.25, 0.3) is 0 Å². The number of hydrogen-bond acceptors (Lipinski definition) is 4. The molecule has 0 fully saturated rings. The van der Waals surface area contributed by atoms with Gasteiger partial charge in [0, 0.05) is 12.1 Å². The Hall–Kier alpha value is -2.46. The Bertz CT molecular complexity index is 749. The van der Waals surface area contributed by atoms with Crippen molar-refractivity contribution in [2.75, 3.05) is 0 Å². The van der Waals surface area contributed by atoms with Gasteiger partial charge in [0.15, 0.2) is 0 Å². The van der Waals surface area contributed by atoms with Gasteiger partial charge in [0.05, 0.1) is 6.42 Å². The first-order chi connectivity index (χ1) is 10.3. The number of nitrogens with zero attached hydrogens (tertiary/aromatic N) is 2. The number of hydrogen-bond donors (Lipinski definition) is 1. The van der Waals surface area contributed by atoms with E-state index in [1.807, 2.05) is 55.5 Å². The van der Waals surface area contributed by atoms with Crippen molar-refractivity contribution < 1.29 is 4.52 Å². The van der Waals surface area contributed by atoms with E-state index in [1.165, 1.54) is 0 Å². The van der Waals surface area contributed by atoms with Crippen LogP contribution in [0.1, 0.15) is 22.6 Å². The second kappa shape index (κ2) is 5.89. The van der Waals surface area contributed by atoms with Gasteiger partial charge < -0.3 is 10.3 Å². The van der Waals surface area contributed by atoms with Crippen LogP contribution in [0.4, 0.5) is 0 Å². The lowest BCUT2D eigenvalue weighted by atomic mass is 10.0. The molecule has 1 aromatic heterocycles. The molecule has 3 rings (SSSR count). The topological polar surface area (TPSA) is 64.9 Å². The monoisotopic (exact) mass is 279 g/mol. The fourth-order valence-electron chi connectivity index (χ4n) is 2.35. The van der Waals surface area contributed by atoms with E-state index in [2.05, 4.69) is 10.1 Å².